The van der Waals surface area contributed by atoms with Crippen LogP contribution >= 0.6 is 0 Å². The minimum absolute atomic E-state index is 0.585. The largest absolute Gasteiger partial charge is 0.390 e. The van der Waals surface area contributed by atoms with E-state index in [1.807, 2.05) is 26.4 Å². The van der Waals surface area contributed by atoms with E-state index in [1.54, 1.807) is 4.68 Å². The zero-order chi connectivity index (χ0) is 11.3. The third-order valence-corrected chi connectivity index (χ3v) is 2.66. The first-order valence-electron chi connectivity index (χ1n) is 5.73. The van der Waals surface area contributed by atoms with Gasteiger partial charge in [0.2, 0.25) is 0 Å². The lowest BCUT2D eigenvalue weighted by molar-refractivity contribution is 0.0486. The van der Waals surface area contributed by atoms with Gasteiger partial charge in [0.05, 0.1) is 11.8 Å². The number of aliphatic hydroxyl groups is 1. The summed E-state index contributed by atoms with van der Waals surface area (Å²) in [6, 6.07) is 0. The molecule has 1 unspecified atom stereocenters. The molecule has 1 rings (SSSR count). The smallest absolute Gasteiger partial charge is 0.0661 e. The van der Waals surface area contributed by atoms with Crippen LogP contribution in [0.5, 0.6) is 0 Å². The second kappa shape index (κ2) is 5.31. The zero-order valence-electron chi connectivity index (χ0n) is 10.0. The van der Waals surface area contributed by atoms with E-state index in [-0.39, 0.29) is 0 Å². The van der Waals surface area contributed by atoms with Crippen molar-refractivity contribution in [1.82, 2.24) is 9.78 Å². The van der Waals surface area contributed by atoms with Gasteiger partial charge >= 0.3 is 0 Å². The van der Waals surface area contributed by atoms with Crippen molar-refractivity contribution in [1.29, 1.82) is 0 Å². The van der Waals surface area contributed by atoms with Crippen LogP contribution in [0.25, 0.3) is 0 Å². The highest BCUT2D eigenvalue weighted by molar-refractivity contribution is 5.07. The summed E-state index contributed by atoms with van der Waals surface area (Å²) in [6.45, 7) is 4.09. The van der Waals surface area contributed by atoms with Gasteiger partial charge in [0.15, 0.2) is 0 Å². The summed E-state index contributed by atoms with van der Waals surface area (Å²) in [6.07, 6.45) is 8.86. The minimum atomic E-state index is -0.585. The summed E-state index contributed by atoms with van der Waals surface area (Å²) in [4.78, 5) is 0. The number of aromatic nitrogens is 2. The standard InChI is InChI=1S/C12H22N2O/c1-4-5-6-7-12(2,15)8-11-9-13-14(3)10-11/h9-10,15H,4-8H2,1-3H3. The number of aryl methyl sites for hydroxylation is 1. The van der Waals surface area contributed by atoms with Crippen molar-refractivity contribution in [3.05, 3.63) is 18.0 Å². The first-order valence-corrected chi connectivity index (χ1v) is 5.73. The highest BCUT2D eigenvalue weighted by Gasteiger charge is 2.20. The summed E-state index contributed by atoms with van der Waals surface area (Å²) >= 11 is 0. The monoisotopic (exact) mass is 210 g/mol. The number of unbranched alkanes of at least 4 members (excludes halogenated alkanes) is 2. The molecule has 3 heteroatoms. The van der Waals surface area contributed by atoms with E-state index in [0.717, 1.165) is 18.4 Å². The SMILES string of the molecule is CCCCCC(C)(O)Cc1cnn(C)c1. The first kappa shape index (κ1) is 12.2. The van der Waals surface area contributed by atoms with Gasteiger partial charge in [0, 0.05) is 19.7 Å². The Bertz CT molecular complexity index is 292. The van der Waals surface area contributed by atoms with E-state index in [2.05, 4.69) is 12.0 Å². The van der Waals surface area contributed by atoms with Crippen LogP contribution in [0.15, 0.2) is 12.4 Å². The molecule has 0 radical (unpaired) electrons. The predicted octanol–water partition coefficient (Wildman–Crippen LogP) is 2.29. The van der Waals surface area contributed by atoms with Gasteiger partial charge < -0.3 is 5.11 Å². The molecule has 1 aromatic rings. The fourth-order valence-corrected chi connectivity index (χ4v) is 1.85. The Morgan fingerprint density at radius 2 is 2.20 bits per heavy atom. The molecule has 0 saturated carbocycles. The van der Waals surface area contributed by atoms with E-state index in [1.165, 1.54) is 12.8 Å². The average molecular weight is 210 g/mol. The van der Waals surface area contributed by atoms with Crippen LogP contribution in [0, 0.1) is 0 Å². The molecule has 15 heavy (non-hydrogen) atoms. The molecule has 86 valence electrons. The maximum atomic E-state index is 10.2. The predicted molar refractivity (Wildman–Crippen MR) is 61.7 cm³/mol. The van der Waals surface area contributed by atoms with Gasteiger partial charge in [0.25, 0.3) is 0 Å². The van der Waals surface area contributed by atoms with Crippen molar-refractivity contribution in [2.45, 2.75) is 51.6 Å². The van der Waals surface area contributed by atoms with Crippen LogP contribution in [-0.4, -0.2) is 20.5 Å². The molecule has 0 bridgehead atoms. The zero-order valence-corrected chi connectivity index (χ0v) is 10.0. The highest BCUT2D eigenvalue weighted by atomic mass is 16.3. The Morgan fingerprint density at radius 1 is 1.47 bits per heavy atom. The molecule has 1 N–H and O–H groups in total. The van der Waals surface area contributed by atoms with Crippen LogP contribution in [0.4, 0.5) is 0 Å². The van der Waals surface area contributed by atoms with E-state index in [4.69, 9.17) is 0 Å². The van der Waals surface area contributed by atoms with E-state index in [0.29, 0.717) is 6.42 Å². The molecule has 0 spiro atoms. The Balaban J connectivity index is 2.41. The molecule has 0 aromatic carbocycles. The highest BCUT2D eigenvalue weighted by Crippen LogP contribution is 2.19. The lowest BCUT2D eigenvalue weighted by Gasteiger charge is -2.22. The van der Waals surface area contributed by atoms with Gasteiger partial charge in [-0.2, -0.15) is 5.10 Å². The maximum Gasteiger partial charge on any atom is 0.0661 e. The summed E-state index contributed by atoms with van der Waals surface area (Å²) in [5, 5.41) is 14.3. The molecular formula is C12H22N2O. The van der Waals surface area contributed by atoms with Crippen molar-refractivity contribution < 1.29 is 5.11 Å². The lowest BCUT2D eigenvalue weighted by Crippen LogP contribution is -2.26. The Hall–Kier alpha value is -0.830. The van der Waals surface area contributed by atoms with E-state index in [9.17, 15) is 5.11 Å². The maximum absolute atomic E-state index is 10.2. The third kappa shape index (κ3) is 4.47. The molecular weight excluding hydrogens is 188 g/mol. The summed E-state index contributed by atoms with van der Waals surface area (Å²) in [5.41, 5.74) is 0.525. The molecule has 1 aromatic heterocycles. The molecule has 0 amide bonds. The molecule has 1 heterocycles. The Morgan fingerprint density at radius 3 is 2.73 bits per heavy atom. The topological polar surface area (TPSA) is 38.1 Å². The molecule has 0 aliphatic carbocycles. The fraction of sp³-hybridized carbons (Fsp3) is 0.750. The Labute approximate surface area is 92.1 Å². The van der Waals surface area contributed by atoms with Crippen molar-refractivity contribution in [3.8, 4) is 0 Å². The fourth-order valence-electron chi connectivity index (χ4n) is 1.85. The van der Waals surface area contributed by atoms with Crippen LogP contribution in [-0.2, 0) is 13.5 Å². The van der Waals surface area contributed by atoms with Crippen molar-refractivity contribution in [3.63, 3.8) is 0 Å². The molecule has 1 atom stereocenters. The Kier molecular flexibility index (Phi) is 4.33. The first-order chi connectivity index (χ1) is 7.03. The molecule has 0 fully saturated rings. The van der Waals surface area contributed by atoms with Gasteiger partial charge in [-0.05, 0) is 18.9 Å². The third-order valence-electron chi connectivity index (χ3n) is 2.66. The van der Waals surface area contributed by atoms with Crippen molar-refractivity contribution in [2.24, 2.45) is 7.05 Å². The second-order valence-corrected chi connectivity index (χ2v) is 4.65. The van der Waals surface area contributed by atoms with Crippen molar-refractivity contribution >= 4 is 0 Å². The van der Waals surface area contributed by atoms with Crippen LogP contribution in [0.1, 0.15) is 45.1 Å². The van der Waals surface area contributed by atoms with E-state index < -0.39 is 5.60 Å². The van der Waals surface area contributed by atoms with Gasteiger partial charge in [-0.15, -0.1) is 0 Å². The van der Waals surface area contributed by atoms with E-state index >= 15 is 0 Å². The van der Waals surface area contributed by atoms with Crippen LogP contribution in [0.3, 0.4) is 0 Å². The minimum Gasteiger partial charge on any atom is -0.390 e. The molecule has 3 nitrogen and oxygen atoms in total. The number of nitrogens with zero attached hydrogens (tertiary/aromatic N) is 2. The normalized spacial score (nSPS) is 15.2. The van der Waals surface area contributed by atoms with Gasteiger partial charge in [-0.3, -0.25) is 4.68 Å². The summed E-state index contributed by atoms with van der Waals surface area (Å²) in [7, 11) is 1.90. The van der Waals surface area contributed by atoms with Gasteiger partial charge in [-0.1, -0.05) is 26.2 Å². The van der Waals surface area contributed by atoms with Crippen LogP contribution < -0.4 is 0 Å². The summed E-state index contributed by atoms with van der Waals surface area (Å²) in [5.74, 6) is 0. The number of rotatable bonds is 6. The number of hydrogen-bond acceptors (Lipinski definition) is 2. The lowest BCUT2D eigenvalue weighted by atomic mass is 9.92. The molecule has 0 aliphatic heterocycles. The second-order valence-electron chi connectivity index (χ2n) is 4.65. The van der Waals surface area contributed by atoms with Crippen LogP contribution in [0.2, 0.25) is 0 Å². The summed E-state index contributed by atoms with van der Waals surface area (Å²) < 4.78 is 1.78. The number of hydrogen-bond donors (Lipinski definition) is 1. The van der Waals surface area contributed by atoms with Gasteiger partial charge in [0.1, 0.15) is 0 Å². The molecule has 0 aliphatic rings. The molecule has 0 saturated heterocycles. The quantitative estimate of drug-likeness (QED) is 0.732. The van der Waals surface area contributed by atoms with Gasteiger partial charge in [-0.25, -0.2) is 0 Å². The van der Waals surface area contributed by atoms with Crippen molar-refractivity contribution in [2.75, 3.05) is 0 Å². The average Bonchev–Trinajstić information content (AvgIpc) is 2.50.